The van der Waals surface area contributed by atoms with Gasteiger partial charge in [-0.2, -0.15) is 0 Å². The molecule has 22 heavy (non-hydrogen) atoms. The van der Waals surface area contributed by atoms with E-state index in [2.05, 4.69) is 36.4 Å². The molecular weight excluding hydrogens is 396 g/mol. The normalized spacial score (nSPS) is 14.2. The highest BCUT2D eigenvalue weighted by Crippen LogP contribution is 2.16. The molecule has 0 saturated heterocycles. The minimum absolute atomic E-state index is 0. The Kier molecular flexibility index (Phi) is 10.3. The third kappa shape index (κ3) is 6.91. The van der Waals surface area contributed by atoms with Gasteiger partial charge >= 0.3 is 0 Å². The first-order chi connectivity index (χ1) is 9.97. The average molecular weight is 423 g/mol. The van der Waals surface area contributed by atoms with Crippen molar-refractivity contribution in [3.8, 4) is 0 Å². The molecule has 1 rings (SSSR count). The van der Waals surface area contributed by atoms with Crippen molar-refractivity contribution in [1.82, 2.24) is 10.6 Å². The van der Waals surface area contributed by atoms with Gasteiger partial charge in [0.25, 0.3) is 0 Å². The number of nitrogens with one attached hydrogen (secondary N) is 2. The van der Waals surface area contributed by atoms with Gasteiger partial charge in [-0.1, -0.05) is 26.0 Å². The summed E-state index contributed by atoms with van der Waals surface area (Å²) in [6.45, 7) is 6.99. The van der Waals surface area contributed by atoms with Crippen LogP contribution in [0.3, 0.4) is 0 Å². The molecule has 126 valence electrons. The van der Waals surface area contributed by atoms with E-state index < -0.39 is 0 Å². The molecule has 0 fully saturated rings. The van der Waals surface area contributed by atoms with E-state index in [4.69, 9.17) is 4.74 Å². The second-order valence-corrected chi connectivity index (χ2v) is 5.41. The fraction of sp³-hybridized carbons (Fsp3) is 0.562. The first kappa shape index (κ1) is 21.1. The molecule has 0 bridgehead atoms. The van der Waals surface area contributed by atoms with E-state index in [1.807, 2.05) is 0 Å². The molecule has 0 aliphatic heterocycles. The fourth-order valence-electron chi connectivity index (χ4n) is 1.78. The van der Waals surface area contributed by atoms with E-state index in [9.17, 15) is 4.39 Å². The number of nitrogens with zero attached hydrogens (tertiary/aromatic N) is 1. The van der Waals surface area contributed by atoms with E-state index in [0.29, 0.717) is 18.5 Å². The molecule has 6 heteroatoms. The highest BCUT2D eigenvalue weighted by molar-refractivity contribution is 14.0. The number of guanidine groups is 1. The zero-order valence-electron chi connectivity index (χ0n) is 13.9. The number of ether oxygens (including phenoxy) is 1. The maximum absolute atomic E-state index is 13.0. The number of hydrogen-bond acceptors (Lipinski definition) is 2. The molecule has 0 amide bonds. The second kappa shape index (κ2) is 10.8. The summed E-state index contributed by atoms with van der Waals surface area (Å²) >= 11 is 0. The first-order valence-corrected chi connectivity index (χ1v) is 7.23. The monoisotopic (exact) mass is 423 g/mol. The van der Waals surface area contributed by atoms with Gasteiger partial charge in [0.15, 0.2) is 5.96 Å². The summed E-state index contributed by atoms with van der Waals surface area (Å²) < 4.78 is 18.4. The lowest BCUT2D eigenvalue weighted by Gasteiger charge is -2.23. The standard InChI is InChI=1S/C16H26FN3O.HI/c1-11(2)12(3)20-16(18-4)19-10-15(21-5)13-6-8-14(17)9-7-13;/h6-9,11-12,15H,10H2,1-5H3,(H2,18,19,20);1H. The molecule has 0 aliphatic rings. The van der Waals surface area contributed by atoms with Gasteiger partial charge < -0.3 is 15.4 Å². The lowest BCUT2D eigenvalue weighted by molar-refractivity contribution is 0.106. The van der Waals surface area contributed by atoms with E-state index in [1.54, 1.807) is 26.3 Å². The van der Waals surface area contributed by atoms with Gasteiger partial charge in [-0.05, 0) is 30.5 Å². The SMILES string of the molecule is CN=C(NCC(OC)c1ccc(F)cc1)NC(C)C(C)C.I. The average Bonchev–Trinajstić information content (AvgIpc) is 2.47. The molecule has 0 aromatic heterocycles. The smallest absolute Gasteiger partial charge is 0.191 e. The van der Waals surface area contributed by atoms with Crippen LogP contribution in [0.25, 0.3) is 0 Å². The molecule has 0 spiro atoms. The summed E-state index contributed by atoms with van der Waals surface area (Å²) in [4.78, 5) is 4.20. The van der Waals surface area contributed by atoms with Gasteiger partial charge in [0.1, 0.15) is 5.82 Å². The zero-order valence-corrected chi connectivity index (χ0v) is 16.2. The van der Waals surface area contributed by atoms with Crippen molar-refractivity contribution in [2.24, 2.45) is 10.9 Å². The van der Waals surface area contributed by atoms with Crippen LogP contribution in [0.4, 0.5) is 4.39 Å². The highest BCUT2D eigenvalue weighted by Gasteiger charge is 2.13. The predicted molar refractivity (Wildman–Crippen MR) is 100 cm³/mol. The quantitative estimate of drug-likeness (QED) is 0.419. The Bertz CT molecular complexity index is 451. The molecule has 0 saturated carbocycles. The zero-order chi connectivity index (χ0) is 15.8. The highest BCUT2D eigenvalue weighted by atomic mass is 127. The van der Waals surface area contributed by atoms with Gasteiger partial charge in [-0.25, -0.2) is 4.39 Å². The van der Waals surface area contributed by atoms with Crippen molar-refractivity contribution in [2.75, 3.05) is 20.7 Å². The van der Waals surface area contributed by atoms with Gasteiger partial charge in [0.05, 0.1) is 6.10 Å². The lowest BCUT2D eigenvalue weighted by atomic mass is 10.1. The number of benzene rings is 1. The number of hydrogen-bond donors (Lipinski definition) is 2. The molecule has 0 aliphatic carbocycles. The van der Waals surface area contributed by atoms with Crippen molar-refractivity contribution in [3.05, 3.63) is 35.6 Å². The van der Waals surface area contributed by atoms with Crippen LogP contribution in [-0.4, -0.2) is 32.7 Å². The largest absolute Gasteiger partial charge is 0.375 e. The molecule has 0 heterocycles. The van der Waals surface area contributed by atoms with E-state index >= 15 is 0 Å². The third-order valence-corrected chi connectivity index (χ3v) is 3.57. The minimum Gasteiger partial charge on any atom is -0.375 e. The maximum atomic E-state index is 13.0. The van der Waals surface area contributed by atoms with Gasteiger partial charge in [0, 0.05) is 26.7 Å². The topological polar surface area (TPSA) is 45.7 Å². The molecule has 0 radical (unpaired) electrons. The van der Waals surface area contributed by atoms with Crippen LogP contribution in [0.2, 0.25) is 0 Å². The van der Waals surface area contributed by atoms with Gasteiger partial charge in [-0.15, -0.1) is 24.0 Å². The first-order valence-electron chi connectivity index (χ1n) is 7.23. The molecule has 2 N–H and O–H groups in total. The predicted octanol–water partition coefficient (Wildman–Crippen LogP) is 3.34. The second-order valence-electron chi connectivity index (χ2n) is 5.41. The number of halogens is 2. The van der Waals surface area contributed by atoms with Crippen molar-refractivity contribution >= 4 is 29.9 Å². The van der Waals surface area contributed by atoms with Crippen LogP contribution >= 0.6 is 24.0 Å². The number of rotatable bonds is 6. The van der Waals surface area contributed by atoms with Crippen LogP contribution < -0.4 is 10.6 Å². The van der Waals surface area contributed by atoms with Crippen molar-refractivity contribution in [1.29, 1.82) is 0 Å². The fourth-order valence-corrected chi connectivity index (χ4v) is 1.78. The Balaban J connectivity index is 0.00000441. The van der Waals surface area contributed by atoms with E-state index in [0.717, 1.165) is 11.5 Å². The summed E-state index contributed by atoms with van der Waals surface area (Å²) in [5, 5.41) is 6.57. The Morgan fingerprint density at radius 1 is 1.23 bits per heavy atom. The third-order valence-electron chi connectivity index (χ3n) is 3.57. The Hall–Kier alpha value is -0.890. The molecular formula is C16H27FIN3O. The van der Waals surface area contributed by atoms with Crippen molar-refractivity contribution in [3.63, 3.8) is 0 Å². The van der Waals surface area contributed by atoms with Crippen LogP contribution in [0.1, 0.15) is 32.4 Å². The summed E-state index contributed by atoms with van der Waals surface area (Å²) in [6, 6.07) is 6.67. The van der Waals surface area contributed by atoms with Gasteiger partial charge in [0.2, 0.25) is 0 Å². The van der Waals surface area contributed by atoms with E-state index in [1.165, 1.54) is 12.1 Å². The number of methoxy groups -OCH3 is 1. The molecule has 1 aromatic rings. The van der Waals surface area contributed by atoms with Crippen LogP contribution in [0, 0.1) is 11.7 Å². The summed E-state index contributed by atoms with van der Waals surface area (Å²) in [6.07, 6.45) is -0.154. The Morgan fingerprint density at radius 3 is 2.27 bits per heavy atom. The lowest BCUT2D eigenvalue weighted by Crippen LogP contribution is -2.45. The summed E-state index contributed by atoms with van der Waals surface area (Å²) in [5.74, 6) is 1.00. The van der Waals surface area contributed by atoms with E-state index in [-0.39, 0.29) is 35.9 Å². The van der Waals surface area contributed by atoms with Crippen molar-refractivity contribution in [2.45, 2.75) is 32.9 Å². The number of aliphatic imine (C=N–C) groups is 1. The molecule has 4 nitrogen and oxygen atoms in total. The summed E-state index contributed by atoms with van der Waals surface area (Å²) in [7, 11) is 3.38. The van der Waals surface area contributed by atoms with Crippen LogP contribution in [0.15, 0.2) is 29.3 Å². The van der Waals surface area contributed by atoms with Crippen LogP contribution in [0.5, 0.6) is 0 Å². The Morgan fingerprint density at radius 2 is 1.82 bits per heavy atom. The molecule has 1 aromatic carbocycles. The van der Waals surface area contributed by atoms with Crippen molar-refractivity contribution < 1.29 is 9.13 Å². The summed E-state index contributed by atoms with van der Waals surface area (Å²) in [5.41, 5.74) is 0.929. The Labute approximate surface area is 149 Å². The van der Waals surface area contributed by atoms with Crippen LogP contribution in [-0.2, 0) is 4.74 Å². The molecule has 2 atom stereocenters. The molecule has 2 unspecified atom stereocenters. The minimum atomic E-state index is -0.246. The maximum Gasteiger partial charge on any atom is 0.191 e. The van der Waals surface area contributed by atoms with Gasteiger partial charge in [-0.3, -0.25) is 4.99 Å².